The number of carbonyl (C=O) groups is 1. The number of nitrogens with one attached hydrogen (secondary N) is 2. The monoisotopic (exact) mass is 353 g/mol. The number of H-pyrrole nitrogens is 1. The molecule has 0 saturated heterocycles. The summed E-state index contributed by atoms with van der Waals surface area (Å²) in [6.45, 7) is 1.99. The number of fused-ring (bicyclic) bond motifs is 1. The molecule has 0 atom stereocenters. The summed E-state index contributed by atoms with van der Waals surface area (Å²) in [5.41, 5.74) is 8.42. The van der Waals surface area contributed by atoms with Crippen LogP contribution >= 0.6 is 0 Å². The fraction of sp³-hybridized carbons (Fsp3) is 0.0435. The van der Waals surface area contributed by atoms with Gasteiger partial charge in [0.2, 0.25) is 0 Å². The van der Waals surface area contributed by atoms with Gasteiger partial charge in [-0.1, -0.05) is 60.7 Å². The number of hydrazone groups is 1. The summed E-state index contributed by atoms with van der Waals surface area (Å²) < 4.78 is 0. The van der Waals surface area contributed by atoms with Crippen LogP contribution in [-0.4, -0.2) is 17.1 Å². The van der Waals surface area contributed by atoms with Gasteiger partial charge in [0.1, 0.15) is 0 Å². The molecule has 0 aliphatic carbocycles. The van der Waals surface area contributed by atoms with E-state index in [4.69, 9.17) is 0 Å². The number of aromatic nitrogens is 1. The number of carbonyl (C=O) groups excluding carboxylic acids is 1. The van der Waals surface area contributed by atoms with Crippen LogP contribution in [0.25, 0.3) is 22.0 Å². The van der Waals surface area contributed by atoms with Crippen molar-refractivity contribution in [3.63, 3.8) is 0 Å². The summed E-state index contributed by atoms with van der Waals surface area (Å²) in [6, 6.07) is 25.6. The van der Waals surface area contributed by atoms with Crippen LogP contribution in [0.15, 0.2) is 84.0 Å². The van der Waals surface area contributed by atoms with Crippen molar-refractivity contribution < 1.29 is 4.79 Å². The molecule has 4 nitrogen and oxygen atoms in total. The Kier molecular flexibility index (Phi) is 4.54. The third-order valence-corrected chi connectivity index (χ3v) is 4.56. The lowest BCUT2D eigenvalue weighted by Crippen LogP contribution is -2.17. The first-order chi connectivity index (χ1) is 13.2. The molecule has 1 aromatic heterocycles. The Balaban J connectivity index is 1.47. The smallest absolute Gasteiger partial charge is 0.271 e. The van der Waals surface area contributed by atoms with Gasteiger partial charge in [0.25, 0.3) is 5.91 Å². The molecule has 27 heavy (non-hydrogen) atoms. The zero-order valence-electron chi connectivity index (χ0n) is 14.9. The highest BCUT2D eigenvalue weighted by Crippen LogP contribution is 2.20. The molecule has 3 aromatic carbocycles. The van der Waals surface area contributed by atoms with Gasteiger partial charge in [0.05, 0.1) is 6.21 Å². The minimum Gasteiger partial charge on any atom is -0.358 e. The molecule has 0 aliphatic rings. The maximum absolute atomic E-state index is 12.3. The molecular formula is C23H19N3O. The third kappa shape index (κ3) is 3.51. The lowest BCUT2D eigenvalue weighted by atomic mass is 10.0. The average molecular weight is 353 g/mol. The lowest BCUT2D eigenvalue weighted by Gasteiger charge is -2.03. The van der Waals surface area contributed by atoms with Crippen molar-refractivity contribution in [2.75, 3.05) is 0 Å². The van der Waals surface area contributed by atoms with Gasteiger partial charge in [0.15, 0.2) is 0 Å². The Morgan fingerprint density at radius 3 is 2.33 bits per heavy atom. The molecule has 4 aromatic rings. The Hall–Kier alpha value is -3.66. The number of aryl methyl sites for hydroxylation is 1. The van der Waals surface area contributed by atoms with Crippen molar-refractivity contribution in [3.8, 4) is 11.1 Å². The van der Waals surface area contributed by atoms with Crippen LogP contribution in [0.3, 0.4) is 0 Å². The van der Waals surface area contributed by atoms with E-state index in [2.05, 4.69) is 15.5 Å². The summed E-state index contributed by atoms with van der Waals surface area (Å²) in [7, 11) is 0. The van der Waals surface area contributed by atoms with Crippen molar-refractivity contribution >= 4 is 23.0 Å². The zero-order chi connectivity index (χ0) is 18.6. The number of rotatable bonds is 4. The number of hydrogen-bond acceptors (Lipinski definition) is 2. The van der Waals surface area contributed by atoms with E-state index in [1.54, 1.807) is 6.21 Å². The normalized spacial score (nSPS) is 11.1. The van der Waals surface area contributed by atoms with E-state index >= 15 is 0 Å². The predicted molar refractivity (Wildman–Crippen MR) is 110 cm³/mol. The van der Waals surface area contributed by atoms with Crippen LogP contribution in [0.1, 0.15) is 21.6 Å². The van der Waals surface area contributed by atoms with Crippen LogP contribution < -0.4 is 5.43 Å². The minimum absolute atomic E-state index is 0.233. The van der Waals surface area contributed by atoms with Crippen LogP contribution in [0.5, 0.6) is 0 Å². The van der Waals surface area contributed by atoms with E-state index in [0.29, 0.717) is 5.56 Å². The van der Waals surface area contributed by atoms with Gasteiger partial charge < -0.3 is 4.98 Å². The second-order valence-electron chi connectivity index (χ2n) is 6.35. The molecule has 2 N–H and O–H groups in total. The topological polar surface area (TPSA) is 57.2 Å². The lowest BCUT2D eigenvalue weighted by molar-refractivity contribution is 0.0955. The number of benzene rings is 3. The van der Waals surface area contributed by atoms with Gasteiger partial charge in [-0.05, 0) is 36.2 Å². The van der Waals surface area contributed by atoms with E-state index in [9.17, 15) is 4.79 Å². The predicted octanol–water partition coefficient (Wildman–Crippen LogP) is 4.91. The maximum atomic E-state index is 12.3. The molecule has 1 amide bonds. The largest absolute Gasteiger partial charge is 0.358 e. The van der Waals surface area contributed by atoms with Gasteiger partial charge in [-0.3, -0.25) is 4.79 Å². The second kappa shape index (κ2) is 7.30. The number of para-hydroxylation sites is 1. The van der Waals surface area contributed by atoms with E-state index < -0.39 is 0 Å². The molecule has 0 saturated carbocycles. The van der Waals surface area contributed by atoms with Crippen molar-refractivity contribution in [2.24, 2.45) is 5.10 Å². The van der Waals surface area contributed by atoms with E-state index in [1.165, 1.54) is 0 Å². The summed E-state index contributed by atoms with van der Waals surface area (Å²) in [5, 5.41) is 5.22. The van der Waals surface area contributed by atoms with Gasteiger partial charge in [-0.15, -0.1) is 0 Å². The summed E-state index contributed by atoms with van der Waals surface area (Å²) >= 11 is 0. The Labute approximate surface area is 157 Å². The van der Waals surface area contributed by atoms with Crippen molar-refractivity contribution in [1.82, 2.24) is 10.4 Å². The number of aromatic amines is 1. The Bertz CT molecular complexity index is 1110. The average Bonchev–Trinajstić information content (AvgIpc) is 3.04. The first-order valence-electron chi connectivity index (χ1n) is 8.78. The highest BCUT2D eigenvalue weighted by Gasteiger charge is 2.07. The van der Waals surface area contributed by atoms with E-state index in [1.807, 2.05) is 85.8 Å². The van der Waals surface area contributed by atoms with Crippen LogP contribution in [-0.2, 0) is 0 Å². The summed E-state index contributed by atoms with van der Waals surface area (Å²) in [4.78, 5) is 15.7. The Morgan fingerprint density at radius 2 is 1.56 bits per heavy atom. The molecule has 0 spiro atoms. The molecular weight excluding hydrogens is 334 g/mol. The zero-order valence-corrected chi connectivity index (χ0v) is 14.9. The second-order valence-corrected chi connectivity index (χ2v) is 6.35. The maximum Gasteiger partial charge on any atom is 0.271 e. The van der Waals surface area contributed by atoms with Crippen molar-refractivity contribution in [1.29, 1.82) is 0 Å². The molecule has 4 heteroatoms. The first kappa shape index (κ1) is 16.8. The van der Waals surface area contributed by atoms with E-state index in [-0.39, 0.29) is 5.91 Å². The Morgan fingerprint density at radius 1 is 0.889 bits per heavy atom. The fourth-order valence-electron chi connectivity index (χ4n) is 3.13. The van der Waals surface area contributed by atoms with Gasteiger partial charge in [-0.2, -0.15) is 5.10 Å². The molecule has 0 bridgehead atoms. The number of nitrogens with zero attached hydrogens (tertiary/aromatic N) is 1. The molecule has 4 rings (SSSR count). The number of hydrogen-bond donors (Lipinski definition) is 2. The molecule has 1 heterocycles. The quantitative estimate of drug-likeness (QED) is 0.398. The SMILES string of the molecule is Cc1[nH]c2ccccc2c1/C=N/NC(=O)c1ccc(-c2ccccc2)cc1. The third-order valence-electron chi connectivity index (χ3n) is 4.56. The first-order valence-corrected chi connectivity index (χ1v) is 8.78. The van der Waals surface area contributed by atoms with Gasteiger partial charge in [0, 0.05) is 27.7 Å². The minimum atomic E-state index is -0.233. The standard InChI is InChI=1S/C23H19N3O/c1-16-21(20-9-5-6-10-22(20)25-16)15-24-26-23(27)19-13-11-18(12-14-19)17-7-3-2-4-8-17/h2-15,25H,1H3,(H,26,27)/b24-15+. The molecule has 0 unspecified atom stereocenters. The summed E-state index contributed by atoms with van der Waals surface area (Å²) in [5.74, 6) is -0.233. The van der Waals surface area contributed by atoms with Gasteiger partial charge >= 0.3 is 0 Å². The van der Waals surface area contributed by atoms with Crippen molar-refractivity contribution in [2.45, 2.75) is 6.92 Å². The summed E-state index contributed by atoms with van der Waals surface area (Å²) in [6.07, 6.45) is 1.68. The van der Waals surface area contributed by atoms with Crippen LogP contribution in [0.2, 0.25) is 0 Å². The number of amides is 1. The highest BCUT2D eigenvalue weighted by molar-refractivity contribution is 6.01. The van der Waals surface area contributed by atoms with Crippen LogP contribution in [0.4, 0.5) is 0 Å². The van der Waals surface area contributed by atoms with E-state index in [0.717, 1.165) is 33.3 Å². The van der Waals surface area contributed by atoms with Crippen molar-refractivity contribution in [3.05, 3.63) is 95.7 Å². The fourth-order valence-corrected chi connectivity index (χ4v) is 3.13. The molecule has 132 valence electrons. The van der Waals surface area contributed by atoms with Gasteiger partial charge in [-0.25, -0.2) is 5.43 Å². The highest BCUT2D eigenvalue weighted by atomic mass is 16.2. The molecule has 0 fully saturated rings. The van der Waals surface area contributed by atoms with Crippen LogP contribution in [0, 0.1) is 6.92 Å². The molecule has 0 aliphatic heterocycles. The molecule has 0 radical (unpaired) electrons.